The molecule has 1 aromatic heterocycles. The van der Waals surface area contributed by atoms with E-state index in [1.165, 1.54) is 16.3 Å². The molecular formula is C24H26N5O4S-. The van der Waals surface area contributed by atoms with E-state index < -0.39 is 17.2 Å². The molecule has 1 aliphatic rings. The molecule has 1 fully saturated rings. The Morgan fingerprint density at radius 3 is 2.74 bits per heavy atom. The van der Waals surface area contributed by atoms with E-state index in [1.54, 1.807) is 0 Å². The maximum absolute atomic E-state index is 12.3. The highest BCUT2D eigenvalue weighted by Gasteiger charge is 2.26. The van der Waals surface area contributed by atoms with Crippen molar-refractivity contribution in [1.29, 1.82) is 0 Å². The highest BCUT2D eigenvalue weighted by atomic mass is 32.2. The van der Waals surface area contributed by atoms with Crippen molar-refractivity contribution in [1.82, 2.24) is 19.4 Å². The van der Waals surface area contributed by atoms with Crippen molar-refractivity contribution in [3.05, 3.63) is 53.9 Å². The van der Waals surface area contributed by atoms with Gasteiger partial charge in [-0.1, -0.05) is 52.7 Å². The summed E-state index contributed by atoms with van der Waals surface area (Å²) in [7, 11) is 0. The number of fused-ring (bicyclic) bond motifs is 1. The first-order valence-corrected chi connectivity index (χ1v) is 12.1. The number of piperidine rings is 1. The Bertz CT molecular complexity index is 1210. The van der Waals surface area contributed by atoms with Crippen molar-refractivity contribution in [3.8, 4) is 12.3 Å². The number of aromatic nitrogens is 2. The van der Waals surface area contributed by atoms with Gasteiger partial charge in [-0.25, -0.2) is 4.31 Å². The number of benzene rings is 2. The topological polar surface area (TPSA) is 115 Å². The van der Waals surface area contributed by atoms with E-state index in [4.69, 9.17) is 10.8 Å². The van der Waals surface area contributed by atoms with Crippen LogP contribution in [0.3, 0.4) is 0 Å². The molecule has 0 aliphatic carbocycles. The van der Waals surface area contributed by atoms with Gasteiger partial charge in [-0.05, 0) is 61.0 Å². The van der Waals surface area contributed by atoms with Crippen LogP contribution in [0, 0.1) is 18.3 Å². The molecule has 1 aliphatic heterocycles. The molecular weight excluding hydrogens is 454 g/mol. The van der Waals surface area contributed by atoms with Crippen LogP contribution in [0.1, 0.15) is 37.3 Å². The molecule has 2 atom stereocenters. The smallest absolute Gasteiger partial charge is 0.323 e. The van der Waals surface area contributed by atoms with Gasteiger partial charge in [0.1, 0.15) is 0 Å². The lowest BCUT2D eigenvalue weighted by Crippen LogP contribution is -2.42. The number of amides is 1. The summed E-state index contributed by atoms with van der Waals surface area (Å²) in [6, 6.07) is 14.9. The number of nitrogens with zero attached hydrogens (tertiary/aromatic N) is 4. The fourth-order valence-corrected chi connectivity index (χ4v) is 5.01. The third kappa shape index (κ3) is 5.69. The molecule has 2 aromatic carbocycles. The van der Waals surface area contributed by atoms with Gasteiger partial charge >= 0.3 is 6.01 Å². The third-order valence-corrected chi connectivity index (χ3v) is 6.96. The molecule has 1 amide bonds. The molecule has 10 heteroatoms. The number of carbonyl (C=O) groups is 1. The lowest BCUT2D eigenvalue weighted by atomic mass is 9.93. The van der Waals surface area contributed by atoms with Gasteiger partial charge in [0.2, 0.25) is 5.91 Å². The summed E-state index contributed by atoms with van der Waals surface area (Å²) in [4.78, 5) is 14.7. The third-order valence-electron chi connectivity index (χ3n) is 6.26. The number of hydrogen-bond acceptors (Lipinski definition) is 7. The lowest BCUT2D eigenvalue weighted by molar-refractivity contribution is -0.116. The van der Waals surface area contributed by atoms with E-state index in [9.17, 15) is 13.6 Å². The normalized spacial score (nSPS) is 16.9. The van der Waals surface area contributed by atoms with Gasteiger partial charge in [-0.2, -0.15) is 0 Å². The number of terminal acetylenes is 1. The maximum Gasteiger partial charge on any atom is 0.323 e. The molecule has 9 nitrogen and oxygen atoms in total. The van der Waals surface area contributed by atoms with Crippen LogP contribution in [0.5, 0.6) is 0 Å². The summed E-state index contributed by atoms with van der Waals surface area (Å²) < 4.78 is 29.7. The van der Waals surface area contributed by atoms with Crippen LogP contribution in [0.25, 0.3) is 10.8 Å². The number of likely N-dealkylation sites (tertiary alicyclic amines) is 1. The van der Waals surface area contributed by atoms with Crippen LogP contribution < -0.4 is 5.32 Å². The molecule has 2 unspecified atom stereocenters. The number of rotatable bonds is 8. The highest BCUT2D eigenvalue weighted by molar-refractivity contribution is 7.76. The van der Waals surface area contributed by atoms with Crippen molar-refractivity contribution >= 4 is 34.0 Å². The molecule has 34 heavy (non-hydrogen) atoms. The summed E-state index contributed by atoms with van der Waals surface area (Å²) in [6.07, 6.45) is 6.85. The van der Waals surface area contributed by atoms with Gasteiger partial charge in [0.25, 0.3) is 5.89 Å². The molecule has 2 heterocycles. The Kier molecular flexibility index (Phi) is 7.70. The van der Waals surface area contributed by atoms with E-state index in [0.717, 1.165) is 30.2 Å². The number of nitrogens with one attached hydrogen (secondary N) is 1. The fourth-order valence-electron chi connectivity index (χ4n) is 4.45. The minimum Gasteiger partial charge on any atom is -0.760 e. The first-order valence-electron chi connectivity index (χ1n) is 11.1. The molecule has 0 saturated carbocycles. The average molecular weight is 481 g/mol. The summed E-state index contributed by atoms with van der Waals surface area (Å²) in [6.45, 7) is 3.87. The van der Waals surface area contributed by atoms with Crippen molar-refractivity contribution in [2.24, 2.45) is 5.92 Å². The second-order valence-electron chi connectivity index (χ2n) is 8.37. The summed E-state index contributed by atoms with van der Waals surface area (Å²) >= 11 is -2.53. The standard InChI is InChI=1S/C24H27N5O4S/c1-3-23-26-27-24(33-23)25-22(30)16-29(34(31)32)15-18-11-13-28(14-12-18)17(2)20-10-6-8-19-7-4-5-9-21(19)20/h1,4-10,17-18H,11-16H2,2H3,(H,31,32)(H,25,27,30)/p-1. The minimum absolute atomic E-state index is 0.0657. The summed E-state index contributed by atoms with van der Waals surface area (Å²) in [5.41, 5.74) is 1.30. The lowest BCUT2D eigenvalue weighted by Gasteiger charge is -2.38. The van der Waals surface area contributed by atoms with Gasteiger partial charge in [-0.3, -0.25) is 19.2 Å². The van der Waals surface area contributed by atoms with Crippen LogP contribution in [0.2, 0.25) is 0 Å². The molecule has 0 bridgehead atoms. The van der Waals surface area contributed by atoms with Gasteiger partial charge in [0.15, 0.2) is 0 Å². The highest BCUT2D eigenvalue weighted by Crippen LogP contribution is 2.31. The van der Waals surface area contributed by atoms with E-state index in [0.29, 0.717) is 0 Å². The zero-order valence-corrected chi connectivity index (χ0v) is 19.7. The van der Waals surface area contributed by atoms with E-state index >= 15 is 0 Å². The zero-order valence-electron chi connectivity index (χ0n) is 18.8. The first kappa shape index (κ1) is 24.0. The predicted molar refractivity (Wildman–Crippen MR) is 128 cm³/mol. The molecule has 1 saturated heterocycles. The van der Waals surface area contributed by atoms with Crippen LogP contribution in [-0.4, -0.2) is 60.3 Å². The quantitative estimate of drug-likeness (QED) is 0.389. The second kappa shape index (κ2) is 10.9. The number of anilines is 1. The number of hydrogen-bond donors (Lipinski definition) is 1. The molecule has 0 spiro atoms. The van der Waals surface area contributed by atoms with Crippen LogP contribution >= 0.6 is 0 Å². The van der Waals surface area contributed by atoms with Gasteiger partial charge < -0.3 is 8.97 Å². The minimum atomic E-state index is -2.53. The molecule has 4 rings (SSSR count). The van der Waals surface area contributed by atoms with Gasteiger partial charge in [0.05, 0.1) is 6.54 Å². The van der Waals surface area contributed by atoms with Crippen LogP contribution in [0.4, 0.5) is 6.01 Å². The first-order chi connectivity index (χ1) is 16.4. The second-order valence-corrected chi connectivity index (χ2v) is 9.32. The Balaban J connectivity index is 1.32. The average Bonchev–Trinajstić information content (AvgIpc) is 3.30. The Labute approximate surface area is 200 Å². The largest absolute Gasteiger partial charge is 0.760 e. The summed E-state index contributed by atoms with van der Waals surface area (Å²) in [5, 5.41) is 12.0. The zero-order chi connectivity index (χ0) is 24.1. The predicted octanol–water partition coefficient (Wildman–Crippen LogP) is 2.71. The van der Waals surface area contributed by atoms with Crippen molar-refractivity contribution in [2.45, 2.75) is 25.8 Å². The molecule has 1 N–H and O–H groups in total. The van der Waals surface area contributed by atoms with Crippen molar-refractivity contribution in [3.63, 3.8) is 0 Å². The molecule has 3 aromatic rings. The fraction of sp³-hybridized carbons (Fsp3) is 0.375. The van der Waals surface area contributed by atoms with Crippen molar-refractivity contribution < 1.29 is 18.0 Å². The van der Waals surface area contributed by atoms with E-state index in [1.807, 2.05) is 6.07 Å². The Morgan fingerprint density at radius 1 is 1.29 bits per heavy atom. The SMILES string of the molecule is C#Cc1nnc(NC(=O)CN(CC2CCN(C(C)c3cccc4ccccc34)CC2)S(=O)[O-])o1. The molecule has 178 valence electrons. The van der Waals surface area contributed by atoms with Gasteiger partial charge in [0, 0.05) is 23.9 Å². The van der Waals surface area contributed by atoms with Gasteiger partial charge in [-0.15, -0.1) is 6.42 Å². The Morgan fingerprint density at radius 2 is 2.03 bits per heavy atom. The van der Waals surface area contributed by atoms with Crippen LogP contribution in [0.15, 0.2) is 46.9 Å². The van der Waals surface area contributed by atoms with E-state index in [-0.39, 0.29) is 37.0 Å². The maximum atomic E-state index is 12.3. The summed E-state index contributed by atoms with van der Waals surface area (Å²) in [5.74, 6) is 1.69. The monoisotopic (exact) mass is 480 g/mol. The van der Waals surface area contributed by atoms with Crippen molar-refractivity contribution in [2.75, 3.05) is 31.5 Å². The number of carbonyl (C=O) groups excluding carboxylic acids is 1. The van der Waals surface area contributed by atoms with Crippen LogP contribution in [-0.2, 0) is 16.1 Å². The Hall–Kier alpha value is -3.10. The molecule has 0 radical (unpaired) electrons. The van der Waals surface area contributed by atoms with E-state index in [2.05, 4.69) is 69.7 Å².